The highest BCUT2D eigenvalue weighted by molar-refractivity contribution is 5.80. The highest BCUT2D eigenvalue weighted by atomic mass is 16.5. The molecule has 0 aromatic carbocycles. The summed E-state index contributed by atoms with van der Waals surface area (Å²) in [5, 5.41) is 10.7. The Morgan fingerprint density at radius 3 is 2.84 bits per heavy atom. The maximum atomic E-state index is 5.28. The van der Waals surface area contributed by atoms with E-state index in [0.29, 0.717) is 18.5 Å². The van der Waals surface area contributed by atoms with Crippen LogP contribution in [0.25, 0.3) is 0 Å². The summed E-state index contributed by atoms with van der Waals surface area (Å²) in [6, 6.07) is 2.55. The summed E-state index contributed by atoms with van der Waals surface area (Å²) in [6.45, 7) is 9.90. The van der Waals surface area contributed by atoms with Crippen molar-refractivity contribution in [1.82, 2.24) is 15.8 Å². The summed E-state index contributed by atoms with van der Waals surface area (Å²) < 4.78 is 5.28. The minimum atomic E-state index is 0.389. The number of rotatable bonds is 5. The number of nitrogens with zero attached hydrogens (tertiary/aromatic N) is 2. The first kappa shape index (κ1) is 13.9. The molecule has 2 rings (SSSR count). The zero-order valence-electron chi connectivity index (χ0n) is 12.2. The molecule has 1 saturated carbocycles. The maximum absolute atomic E-state index is 5.28. The molecule has 1 aliphatic rings. The molecule has 0 amide bonds. The summed E-state index contributed by atoms with van der Waals surface area (Å²) in [5.74, 6) is 2.81. The molecule has 1 fully saturated rings. The van der Waals surface area contributed by atoms with Gasteiger partial charge in [0.1, 0.15) is 6.54 Å². The molecule has 0 radical (unpaired) electrons. The van der Waals surface area contributed by atoms with Gasteiger partial charge in [0.2, 0.25) is 0 Å². The van der Waals surface area contributed by atoms with Gasteiger partial charge >= 0.3 is 0 Å². The van der Waals surface area contributed by atoms with E-state index in [1.165, 1.54) is 6.42 Å². The van der Waals surface area contributed by atoms with E-state index in [1.54, 1.807) is 0 Å². The molecular formula is C14H24N4O. The normalized spacial score (nSPS) is 22.7. The Morgan fingerprint density at radius 2 is 2.32 bits per heavy atom. The fourth-order valence-electron chi connectivity index (χ4n) is 1.85. The van der Waals surface area contributed by atoms with E-state index < -0.39 is 0 Å². The zero-order chi connectivity index (χ0) is 13.8. The smallest absolute Gasteiger partial charge is 0.191 e. The van der Waals surface area contributed by atoms with E-state index in [9.17, 15) is 0 Å². The van der Waals surface area contributed by atoms with Crippen LogP contribution in [0.1, 0.15) is 51.5 Å². The number of nitrogens with one attached hydrogen (secondary N) is 2. The van der Waals surface area contributed by atoms with E-state index in [1.807, 2.05) is 6.07 Å². The first-order chi connectivity index (χ1) is 9.10. The van der Waals surface area contributed by atoms with Crippen LogP contribution in [0, 0.1) is 5.92 Å². The Kier molecular flexibility index (Phi) is 4.45. The van der Waals surface area contributed by atoms with Crippen LogP contribution in [0.4, 0.5) is 0 Å². The number of hydrogen-bond acceptors (Lipinski definition) is 3. The lowest BCUT2D eigenvalue weighted by molar-refractivity contribution is 0.376. The lowest BCUT2D eigenvalue weighted by atomic mass is 10.1. The molecule has 0 bridgehead atoms. The van der Waals surface area contributed by atoms with E-state index in [-0.39, 0.29) is 0 Å². The molecule has 5 nitrogen and oxygen atoms in total. The van der Waals surface area contributed by atoms with Crippen molar-refractivity contribution in [3.63, 3.8) is 0 Å². The SMILES string of the molecule is CCNC(=NCc1cc(C(C)C)no1)NC1CC1C. The van der Waals surface area contributed by atoms with E-state index in [0.717, 1.165) is 29.9 Å². The molecule has 1 aromatic heterocycles. The average Bonchev–Trinajstić information content (AvgIpc) is 2.89. The van der Waals surface area contributed by atoms with Crippen molar-refractivity contribution in [2.75, 3.05) is 6.54 Å². The largest absolute Gasteiger partial charge is 0.359 e. The summed E-state index contributed by atoms with van der Waals surface area (Å²) in [4.78, 5) is 4.53. The Balaban J connectivity index is 1.92. The topological polar surface area (TPSA) is 62.5 Å². The predicted octanol–water partition coefficient (Wildman–Crippen LogP) is 2.26. The number of aliphatic imine (C=N–C) groups is 1. The third-order valence-corrected chi connectivity index (χ3v) is 3.34. The minimum Gasteiger partial charge on any atom is -0.359 e. The maximum Gasteiger partial charge on any atom is 0.191 e. The van der Waals surface area contributed by atoms with Crippen LogP contribution in [0.15, 0.2) is 15.6 Å². The predicted molar refractivity (Wildman–Crippen MR) is 76.1 cm³/mol. The van der Waals surface area contributed by atoms with Crippen molar-refractivity contribution >= 4 is 5.96 Å². The summed E-state index contributed by atoms with van der Waals surface area (Å²) in [6.07, 6.45) is 1.23. The second-order valence-corrected chi connectivity index (χ2v) is 5.53. The molecule has 2 atom stereocenters. The van der Waals surface area contributed by atoms with Crippen molar-refractivity contribution in [2.45, 2.75) is 52.6 Å². The van der Waals surface area contributed by atoms with E-state index >= 15 is 0 Å². The van der Waals surface area contributed by atoms with Crippen LogP contribution < -0.4 is 10.6 Å². The van der Waals surface area contributed by atoms with Gasteiger partial charge in [-0.25, -0.2) is 4.99 Å². The summed E-state index contributed by atoms with van der Waals surface area (Å²) in [5.41, 5.74) is 0.985. The minimum absolute atomic E-state index is 0.389. The highest BCUT2D eigenvalue weighted by Gasteiger charge is 2.33. The Hall–Kier alpha value is -1.52. The number of guanidine groups is 1. The van der Waals surface area contributed by atoms with Crippen LogP contribution in [0.3, 0.4) is 0 Å². The van der Waals surface area contributed by atoms with Gasteiger partial charge in [-0.3, -0.25) is 0 Å². The van der Waals surface area contributed by atoms with Gasteiger partial charge in [-0.2, -0.15) is 0 Å². The van der Waals surface area contributed by atoms with E-state index in [4.69, 9.17) is 4.52 Å². The van der Waals surface area contributed by atoms with Gasteiger partial charge < -0.3 is 15.2 Å². The molecule has 1 heterocycles. The van der Waals surface area contributed by atoms with Crippen LogP contribution in [-0.2, 0) is 6.54 Å². The first-order valence-electron chi connectivity index (χ1n) is 7.10. The third-order valence-electron chi connectivity index (χ3n) is 3.34. The van der Waals surface area contributed by atoms with Crippen LogP contribution in [0.5, 0.6) is 0 Å². The zero-order valence-corrected chi connectivity index (χ0v) is 12.2. The molecule has 1 aromatic rings. The number of aromatic nitrogens is 1. The Labute approximate surface area is 114 Å². The first-order valence-corrected chi connectivity index (χ1v) is 7.10. The fraction of sp³-hybridized carbons (Fsp3) is 0.714. The van der Waals surface area contributed by atoms with Crippen molar-refractivity contribution < 1.29 is 4.52 Å². The van der Waals surface area contributed by atoms with Crippen molar-refractivity contribution in [1.29, 1.82) is 0 Å². The molecule has 5 heteroatoms. The van der Waals surface area contributed by atoms with Gasteiger partial charge in [-0.05, 0) is 25.2 Å². The quantitative estimate of drug-likeness (QED) is 0.632. The van der Waals surface area contributed by atoms with E-state index in [2.05, 4.69) is 48.5 Å². The molecule has 2 unspecified atom stereocenters. The summed E-state index contributed by atoms with van der Waals surface area (Å²) >= 11 is 0. The molecule has 106 valence electrons. The van der Waals surface area contributed by atoms with Gasteiger partial charge in [0.05, 0.1) is 5.69 Å². The van der Waals surface area contributed by atoms with Gasteiger partial charge in [-0.15, -0.1) is 0 Å². The standard InChI is InChI=1S/C14H24N4O/c1-5-15-14(17-13-6-10(13)4)16-8-11-7-12(9(2)3)18-19-11/h7,9-10,13H,5-6,8H2,1-4H3,(H2,15,16,17). The van der Waals surface area contributed by atoms with Crippen LogP contribution in [0.2, 0.25) is 0 Å². The second kappa shape index (κ2) is 6.08. The Bertz CT molecular complexity index is 438. The van der Waals surface area contributed by atoms with Crippen molar-refractivity contribution in [2.24, 2.45) is 10.9 Å². The molecule has 0 spiro atoms. The Morgan fingerprint density at radius 1 is 1.58 bits per heavy atom. The third kappa shape index (κ3) is 3.98. The van der Waals surface area contributed by atoms with Gasteiger partial charge in [0.25, 0.3) is 0 Å². The average molecular weight is 264 g/mol. The highest BCUT2D eigenvalue weighted by Crippen LogP contribution is 2.28. The fourth-order valence-corrected chi connectivity index (χ4v) is 1.85. The molecule has 2 N–H and O–H groups in total. The molecule has 0 saturated heterocycles. The van der Waals surface area contributed by atoms with Crippen molar-refractivity contribution in [3.05, 3.63) is 17.5 Å². The van der Waals surface area contributed by atoms with Crippen LogP contribution >= 0.6 is 0 Å². The monoisotopic (exact) mass is 264 g/mol. The molecule has 1 aliphatic carbocycles. The molecular weight excluding hydrogens is 240 g/mol. The lowest BCUT2D eigenvalue weighted by Gasteiger charge is -2.09. The van der Waals surface area contributed by atoms with Crippen molar-refractivity contribution in [3.8, 4) is 0 Å². The summed E-state index contributed by atoms with van der Waals surface area (Å²) in [7, 11) is 0. The molecule has 0 aliphatic heterocycles. The number of hydrogen-bond donors (Lipinski definition) is 2. The van der Waals surface area contributed by atoms with Gasteiger partial charge in [-0.1, -0.05) is 25.9 Å². The van der Waals surface area contributed by atoms with Gasteiger partial charge in [0, 0.05) is 18.7 Å². The van der Waals surface area contributed by atoms with Crippen LogP contribution in [-0.4, -0.2) is 23.7 Å². The second-order valence-electron chi connectivity index (χ2n) is 5.53. The molecule has 19 heavy (non-hydrogen) atoms. The van der Waals surface area contributed by atoms with Gasteiger partial charge in [0.15, 0.2) is 11.7 Å². The lowest BCUT2D eigenvalue weighted by Crippen LogP contribution is -2.39.